The Morgan fingerprint density at radius 3 is 2.45 bits per heavy atom. The highest BCUT2D eigenvalue weighted by Gasteiger charge is 2.21. The van der Waals surface area contributed by atoms with Crippen LogP contribution in [0.15, 0.2) is 28.0 Å². The topological polar surface area (TPSA) is 58.0 Å². The van der Waals surface area contributed by atoms with Gasteiger partial charge in [-0.25, -0.2) is 9.97 Å². The molecule has 1 aliphatic rings. The summed E-state index contributed by atoms with van der Waals surface area (Å²) in [6, 6.07) is 4.03. The third-order valence-corrected chi connectivity index (χ3v) is 4.69. The maximum atomic E-state index is 4.61. The molecule has 0 saturated carbocycles. The van der Waals surface area contributed by atoms with E-state index in [-0.39, 0.29) is 0 Å². The highest BCUT2D eigenvalue weighted by molar-refractivity contribution is 9.10. The lowest BCUT2D eigenvalue weighted by Crippen LogP contribution is -2.47. The first-order chi connectivity index (χ1) is 10.7. The second-order valence-electron chi connectivity index (χ2n) is 5.04. The summed E-state index contributed by atoms with van der Waals surface area (Å²) in [5.74, 6) is 1.91. The molecule has 0 atom stereocenters. The van der Waals surface area contributed by atoms with Crippen molar-refractivity contribution >= 4 is 39.3 Å². The van der Waals surface area contributed by atoms with Crippen LogP contribution < -0.4 is 9.80 Å². The highest BCUT2D eigenvalue weighted by Crippen LogP contribution is 2.26. The summed E-state index contributed by atoms with van der Waals surface area (Å²) in [4.78, 5) is 13.4. The van der Waals surface area contributed by atoms with Crippen molar-refractivity contribution < 1.29 is 0 Å². The molecule has 22 heavy (non-hydrogen) atoms. The largest absolute Gasteiger partial charge is 0.352 e. The van der Waals surface area contributed by atoms with Gasteiger partial charge in [-0.05, 0) is 41.2 Å². The number of aromatic nitrogens is 4. The first-order valence-electron chi connectivity index (χ1n) is 7.04. The summed E-state index contributed by atoms with van der Waals surface area (Å²) in [5.41, 5.74) is 0.942. The third kappa shape index (κ3) is 3.33. The van der Waals surface area contributed by atoms with E-state index >= 15 is 0 Å². The van der Waals surface area contributed by atoms with Gasteiger partial charge in [0, 0.05) is 32.4 Å². The summed E-state index contributed by atoms with van der Waals surface area (Å²) in [7, 11) is 0. The monoisotopic (exact) mass is 380 g/mol. The lowest BCUT2D eigenvalue weighted by molar-refractivity contribution is 0.632. The average molecular weight is 381 g/mol. The van der Waals surface area contributed by atoms with Crippen LogP contribution in [0, 0.1) is 6.92 Å². The Hall–Kier alpha value is -1.41. The quantitative estimate of drug-likeness (QED) is 0.598. The van der Waals surface area contributed by atoms with Crippen molar-refractivity contribution in [2.75, 3.05) is 42.2 Å². The van der Waals surface area contributed by atoms with Gasteiger partial charge in [0.1, 0.15) is 5.82 Å². The Kier molecular flexibility index (Phi) is 4.77. The van der Waals surface area contributed by atoms with E-state index in [0.29, 0.717) is 0 Å². The van der Waals surface area contributed by atoms with Crippen LogP contribution in [0.25, 0.3) is 0 Å². The van der Waals surface area contributed by atoms with Gasteiger partial charge in [-0.15, -0.1) is 5.10 Å². The van der Waals surface area contributed by atoms with E-state index in [2.05, 4.69) is 45.9 Å². The van der Waals surface area contributed by atoms with E-state index in [0.717, 1.165) is 53.1 Å². The Balaban J connectivity index is 1.70. The molecular weight excluding hydrogens is 364 g/mol. The fourth-order valence-corrected chi connectivity index (χ4v) is 3.15. The van der Waals surface area contributed by atoms with Crippen LogP contribution in [0.4, 0.5) is 11.6 Å². The number of anilines is 2. The molecule has 0 amide bonds. The van der Waals surface area contributed by atoms with Gasteiger partial charge >= 0.3 is 0 Å². The highest BCUT2D eigenvalue weighted by atomic mass is 79.9. The minimum absolute atomic E-state index is 0.796. The Morgan fingerprint density at radius 2 is 1.82 bits per heavy atom. The van der Waals surface area contributed by atoms with Crippen molar-refractivity contribution in [1.82, 2.24) is 20.2 Å². The first-order valence-corrected chi connectivity index (χ1v) is 9.06. The fraction of sp³-hybridized carbons (Fsp3) is 0.429. The lowest BCUT2D eigenvalue weighted by Gasteiger charge is -2.36. The zero-order chi connectivity index (χ0) is 15.5. The molecule has 116 valence electrons. The van der Waals surface area contributed by atoms with Crippen LogP contribution in [0.2, 0.25) is 0 Å². The second-order valence-corrected chi connectivity index (χ2v) is 6.66. The van der Waals surface area contributed by atoms with E-state index in [9.17, 15) is 0 Å². The van der Waals surface area contributed by atoms with E-state index in [4.69, 9.17) is 0 Å². The Morgan fingerprint density at radius 1 is 1.09 bits per heavy atom. The van der Waals surface area contributed by atoms with Gasteiger partial charge in [0.05, 0.1) is 10.2 Å². The Bertz CT molecular complexity index is 642. The van der Waals surface area contributed by atoms with E-state index in [1.807, 2.05) is 31.5 Å². The molecule has 1 saturated heterocycles. The number of piperazine rings is 1. The van der Waals surface area contributed by atoms with Crippen LogP contribution in [0.5, 0.6) is 0 Å². The first kappa shape index (κ1) is 15.5. The van der Waals surface area contributed by atoms with Crippen molar-refractivity contribution in [3.05, 3.63) is 28.5 Å². The second kappa shape index (κ2) is 6.78. The molecular formula is C14H17BrN6S. The Labute approximate surface area is 142 Å². The summed E-state index contributed by atoms with van der Waals surface area (Å²) < 4.78 is 0.939. The molecule has 3 rings (SSSR count). The van der Waals surface area contributed by atoms with Crippen molar-refractivity contribution in [2.45, 2.75) is 12.1 Å². The molecule has 0 unspecified atom stereocenters. The van der Waals surface area contributed by atoms with Gasteiger partial charge < -0.3 is 9.80 Å². The lowest BCUT2D eigenvalue weighted by atomic mass is 10.3. The minimum atomic E-state index is 0.796. The average Bonchev–Trinajstić information content (AvgIpc) is 2.56. The van der Waals surface area contributed by atoms with Gasteiger partial charge in [-0.1, -0.05) is 11.8 Å². The zero-order valence-corrected chi connectivity index (χ0v) is 14.9. The van der Waals surface area contributed by atoms with Crippen LogP contribution in [0.1, 0.15) is 5.69 Å². The summed E-state index contributed by atoms with van der Waals surface area (Å²) >= 11 is 5.11. The van der Waals surface area contributed by atoms with Gasteiger partial charge in [0.25, 0.3) is 0 Å². The van der Waals surface area contributed by atoms with Crippen LogP contribution in [0.3, 0.4) is 0 Å². The molecule has 2 aromatic heterocycles. The number of halogens is 1. The van der Waals surface area contributed by atoms with E-state index in [1.54, 1.807) is 11.8 Å². The molecule has 0 aromatic carbocycles. The molecule has 2 aromatic rings. The smallest absolute Gasteiger partial charge is 0.189 e. The fourth-order valence-electron chi connectivity index (χ4n) is 2.37. The van der Waals surface area contributed by atoms with Gasteiger partial charge in [0.2, 0.25) is 0 Å². The maximum Gasteiger partial charge on any atom is 0.189 e. The van der Waals surface area contributed by atoms with Crippen LogP contribution >= 0.6 is 27.7 Å². The third-order valence-electron chi connectivity index (χ3n) is 3.57. The number of rotatable bonds is 3. The van der Waals surface area contributed by atoms with E-state index < -0.39 is 0 Å². The summed E-state index contributed by atoms with van der Waals surface area (Å²) in [6.45, 7) is 5.56. The number of aryl methyl sites for hydroxylation is 1. The molecule has 0 radical (unpaired) electrons. The predicted octanol–water partition coefficient (Wildman–Crippen LogP) is 2.39. The molecule has 6 nitrogen and oxygen atoms in total. The predicted molar refractivity (Wildman–Crippen MR) is 92.7 cm³/mol. The normalized spacial score (nSPS) is 15.2. The molecule has 8 heteroatoms. The summed E-state index contributed by atoms with van der Waals surface area (Å²) in [6.07, 6.45) is 3.81. The van der Waals surface area contributed by atoms with Crippen LogP contribution in [-0.2, 0) is 0 Å². The molecule has 0 aliphatic carbocycles. The van der Waals surface area contributed by atoms with Gasteiger partial charge in [-0.3, -0.25) is 0 Å². The molecule has 1 fully saturated rings. The number of hydrogen-bond donors (Lipinski definition) is 0. The molecule has 0 N–H and O–H groups in total. The van der Waals surface area contributed by atoms with Crippen molar-refractivity contribution in [1.29, 1.82) is 0 Å². The molecule has 3 heterocycles. The van der Waals surface area contributed by atoms with Gasteiger partial charge in [-0.2, -0.15) is 5.10 Å². The number of hydrogen-bond acceptors (Lipinski definition) is 7. The van der Waals surface area contributed by atoms with E-state index in [1.165, 1.54) is 0 Å². The van der Waals surface area contributed by atoms with Gasteiger partial charge in [0.15, 0.2) is 11.0 Å². The van der Waals surface area contributed by atoms with Crippen molar-refractivity contribution in [3.63, 3.8) is 0 Å². The summed E-state index contributed by atoms with van der Waals surface area (Å²) in [5, 5.41) is 9.19. The minimum Gasteiger partial charge on any atom is -0.352 e. The number of thioether (sulfide) groups is 1. The standard InChI is InChI=1S/C14H17BrN6S/c1-10-3-4-12(19-18-10)20-5-7-21(8-6-20)13-11(15)9-16-14(17-13)22-2/h3-4,9H,5-8H2,1-2H3. The zero-order valence-electron chi connectivity index (χ0n) is 12.5. The van der Waals surface area contributed by atoms with Crippen molar-refractivity contribution in [2.24, 2.45) is 0 Å². The SMILES string of the molecule is CSc1ncc(Br)c(N2CCN(c3ccc(C)nn3)CC2)n1. The molecule has 0 spiro atoms. The number of nitrogens with zero attached hydrogens (tertiary/aromatic N) is 6. The van der Waals surface area contributed by atoms with Crippen molar-refractivity contribution in [3.8, 4) is 0 Å². The van der Waals surface area contributed by atoms with Crippen LogP contribution in [-0.4, -0.2) is 52.6 Å². The molecule has 0 bridgehead atoms. The molecule has 1 aliphatic heterocycles. The maximum absolute atomic E-state index is 4.61.